The third-order valence-electron chi connectivity index (χ3n) is 5.03. The van der Waals surface area contributed by atoms with Gasteiger partial charge >= 0.3 is 6.09 Å². The molecule has 0 saturated heterocycles. The van der Waals surface area contributed by atoms with Crippen molar-refractivity contribution in [3.05, 3.63) is 89.6 Å². The van der Waals surface area contributed by atoms with E-state index in [0.29, 0.717) is 23.0 Å². The van der Waals surface area contributed by atoms with Crippen molar-refractivity contribution in [3.63, 3.8) is 0 Å². The average molecular weight is 456 g/mol. The van der Waals surface area contributed by atoms with Crippen molar-refractivity contribution >= 4 is 23.4 Å². The quantitative estimate of drug-likeness (QED) is 0.361. The molecular weight excluding hydrogens is 426 g/mol. The summed E-state index contributed by atoms with van der Waals surface area (Å²) in [6.07, 6.45) is 0.225. The van der Waals surface area contributed by atoms with E-state index in [-0.39, 0.29) is 0 Å². The van der Waals surface area contributed by atoms with E-state index in [1.165, 1.54) is 10.2 Å². The van der Waals surface area contributed by atoms with Crippen LogP contribution in [0.5, 0.6) is 0 Å². The number of pyridine rings is 1. The van der Waals surface area contributed by atoms with E-state index in [2.05, 4.69) is 28.6 Å². The van der Waals surface area contributed by atoms with E-state index < -0.39 is 11.7 Å². The van der Waals surface area contributed by atoms with E-state index in [4.69, 9.17) is 15.5 Å². The number of nitrogens with two attached hydrogens (primary N) is 1. The molecule has 174 valence electrons. The van der Waals surface area contributed by atoms with Crippen molar-refractivity contribution in [3.8, 4) is 11.3 Å². The number of hydrogen-bond donors (Lipinski definition) is 2. The van der Waals surface area contributed by atoms with Crippen molar-refractivity contribution in [1.29, 1.82) is 0 Å². The minimum atomic E-state index is -0.608. The molecule has 4 aromatic rings. The van der Waals surface area contributed by atoms with Crippen molar-refractivity contribution < 1.29 is 9.53 Å². The van der Waals surface area contributed by atoms with Gasteiger partial charge in [-0.25, -0.2) is 9.78 Å². The molecule has 34 heavy (non-hydrogen) atoms. The number of anilines is 3. The summed E-state index contributed by atoms with van der Waals surface area (Å²) < 4.78 is 6.70. The van der Waals surface area contributed by atoms with Gasteiger partial charge in [-0.05, 0) is 69.5 Å². The van der Waals surface area contributed by atoms with E-state index in [9.17, 15) is 4.79 Å². The van der Waals surface area contributed by atoms with E-state index in [0.717, 1.165) is 23.2 Å². The van der Waals surface area contributed by atoms with Crippen LogP contribution in [0.2, 0.25) is 0 Å². The van der Waals surface area contributed by atoms with E-state index in [1.807, 2.05) is 69.3 Å². The van der Waals surface area contributed by atoms with Gasteiger partial charge < -0.3 is 15.8 Å². The molecule has 0 aliphatic rings. The Labute approximate surface area is 199 Å². The Kier molecular flexibility index (Phi) is 6.36. The standard InChI is InChI=1S/C27H29N5O2/c1-18-13-25(31-32(18)26(33)34-27(2,3)4)30-24-16-20(14-19-9-6-5-7-10-19)15-23(29-24)21-11-8-12-22(28)17-21/h5-13,15-17H,14,28H2,1-4H3,(H,29,30,31). The highest BCUT2D eigenvalue weighted by Gasteiger charge is 2.20. The van der Waals surface area contributed by atoms with Gasteiger partial charge in [0.05, 0.1) is 5.69 Å². The number of carbonyl (C=O) groups is 1. The second kappa shape index (κ2) is 9.39. The summed E-state index contributed by atoms with van der Waals surface area (Å²) in [5.41, 5.74) is 10.7. The highest BCUT2D eigenvalue weighted by atomic mass is 16.6. The predicted octanol–water partition coefficient (Wildman–Crippen LogP) is 5.95. The maximum absolute atomic E-state index is 12.5. The van der Waals surface area contributed by atoms with Gasteiger partial charge in [0.15, 0.2) is 5.82 Å². The fourth-order valence-electron chi connectivity index (χ4n) is 3.59. The van der Waals surface area contributed by atoms with Gasteiger partial charge in [0.25, 0.3) is 0 Å². The summed E-state index contributed by atoms with van der Waals surface area (Å²) >= 11 is 0. The monoisotopic (exact) mass is 455 g/mol. The van der Waals surface area contributed by atoms with Crippen LogP contribution in [-0.2, 0) is 11.2 Å². The lowest BCUT2D eigenvalue weighted by molar-refractivity contribution is 0.0511. The first kappa shape index (κ1) is 23.0. The SMILES string of the molecule is Cc1cc(Nc2cc(Cc3ccccc3)cc(-c3cccc(N)c3)n2)nn1C(=O)OC(C)(C)C. The molecule has 2 heterocycles. The smallest absolute Gasteiger partial charge is 0.435 e. The normalized spacial score (nSPS) is 11.3. The topological polar surface area (TPSA) is 95.1 Å². The summed E-state index contributed by atoms with van der Waals surface area (Å²) in [6.45, 7) is 7.27. The molecule has 7 heteroatoms. The molecule has 0 radical (unpaired) electrons. The molecule has 0 aliphatic heterocycles. The number of benzene rings is 2. The third-order valence-corrected chi connectivity index (χ3v) is 5.03. The number of aryl methyl sites for hydroxylation is 1. The number of rotatable bonds is 5. The van der Waals surface area contributed by atoms with Gasteiger partial charge in [0.1, 0.15) is 11.4 Å². The highest BCUT2D eigenvalue weighted by Crippen LogP contribution is 2.26. The molecule has 0 saturated carbocycles. The van der Waals surface area contributed by atoms with Gasteiger partial charge in [0.2, 0.25) is 0 Å². The molecule has 0 unspecified atom stereocenters. The van der Waals surface area contributed by atoms with Crippen LogP contribution in [0, 0.1) is 6.92 Å². The molecule has 0 spiro atoms. The second-order valence-corrected chi connectivity index (χ2v) is 9.22. The Morgan fingerprint density at radius 3 is 2.44 bits per heavy atom. The first-order chi connectivity index (χ1) is 16.2. The lowest BCUT2D eigenvalue weighted by Crippen LogP contribution is -2.28. The Morgan fingerprint density at radius 2 is 1.74 bits per heavy atom. The number of nitrogens with zero attached hydrogens (tertiary/aromatic N) is 3. The number of aromatic nitrogens is 3. The van der Waals surface area contributed by atoms with Crippen LogP contribution >= 0.6 is 0 Å². The molecule has 0 amide bonds. The molecule has 0 fully saturated rings. The number of hydrogen-bond acceptors (Lipinski definition) is 6. The van der Waals surface area contributed by atoms with Crippen LogP contribution in [0.1, 0.15) is 37.6 Å². The highest BCUT2D eigenvalue weighted by molar-refractivity contribution is 5.72. The fourth-order valence-corrected chi connectivity index (χ4v) is 3.59. The molecule has 0 aliphatic carbocycles. The Bertz CT molecular complexity index is 1310. The summed E-state index contributed by atoms with van der Waals surface area (Å²) in [5, 5.41) is 7.64. The first-order valence-corrected chi connectivity index (χ1v) is 11.1. The molecular formula is C27H29N5O2. The van der Waals surface area contributed by atoms with Gasteiger partial charge in [-0.1, -0.05) is 42.5 Å². The van der Waals surface area contributed by atoms with Crippen molar-refractivity contribution in [2.75, 3.05) is 11.1 Å². The first-order valence-electron chi connectivity index (χ1n) is 11.1. The maximum atomic E-state index is 12.5. The summed E-state index contributed by atoms with van der Waals surface area (Å²) in [7, 11) is 0. The van der Waals surface area contributed by atoms with Gasteiger partial charge in [0, 0.05) is 23.0 Å². The van der Waals surface area contributed by atoms with Crippen LogP contribution in [0.3, 0.4) is 0 Å². The van der Waals surface area contributed by atoms with Crippen molar-refractivity contribution in [2.24, 2.45) is 0 Å². The summed E-state index contributed by atoms with van der Waals surface area (Å²) in [5.74, 6) is 1.13. The number of nitrogen functional groups attached to an aromatic ring is 1. The number of nitrogens with one attached hydrogen (secondary N) is 1. The Hall–Kier alpha value is -4.13. The third kappa shape index (κ3) is 5.81. The molecule has 0 bridgehead atoms. The van der Waals surface area contributed by atoms with Crippen LogP contribution in [-0.4, -0.2) is 26.5 Å². The zero-order valence-electron chi connectivity index (χ0n) is 19.9. The van der Waals surface area contributed by atoms with Gasteiger partial charge in [-0.15, -0.1) is 5.10 Å². The second-order valence-electron chi connectivity index (χ2n) is 9.22. The number of carbonyl (C=O) groups excluding carboxylic acids is 1. The zero-order valence-corrected chi connectivity index (χ0v) is 19.9. The molecule has 3 N–H and O–H groups in total. The van der Waals surface area contributed by atoms with Crippen molar-refractivity contribution in [2.45, 2.75) is 39.7 Å². The van der Waals surface area contributed by atoms with E-state index >= 15 is 0 Å². The van der Waals surface area contributed by atoms with Gasteiger partial charge in [-0.2, -0.15) is 4.68 Å². The molecule has 2 aromatic heterocycles. The fraction of sp³-hybridized carbons (Fsp3) is 0.222. The zero-order chi connectivity index (χ0) is 24.3. The Balaban J connectivity index is 1.67. The lowest BCUT2D eigenvalue weighted by atomic mass is 10.0. The van der Waals surface area contributed by atoms with E-state index in [1.54, 1.807) is 13.0 Å². The van der Waals surface area contributed by atoms with Crippen LogP contribution in [0.15, 0.2) is 72.8 Å². The minimum absolute atomic E-state index is 0.506. The maximum Gasteiger partial charge on any atom is 0.435 e. The summed E-state index contributed by atoms with van der Waals surface area (Å²) in [6, 6.07) is 23.7. The lowest BCUT2D eigenvalue weighted by Gasteiger charge is -2.19. The average Bonchev–Trinajstić information content (AvgIpc) is 3.13. The molecule has 2 aromatic carbocycles. The van der Waals surface area contributed by atoms with Gasteiger partial charge in [-0.3, -0.25) is 0 Å². The minimum Gasteiger partial charge on any atom is -0.442 e. The largest absolute Gasteiger partial charge is 0.442 e. The summed E-state index contributed by atoms with van der Waals surface area (Å²) in [4.78, 5) is 17.3. The molecule has 7 nitrogen and oxygen atoms in total. The predicted molar refractivity (Wildman–Crippen MR) is 135 cm³/mol. The number of ether oxygens (including phenoxy) is 1. The van der Waals surface area contributed by atoms with Crippen LogP contribution in [0.25, 0.3) is 11.3 Å². The Morgan fingerprint density at radius 1 is 0.971 bits per heavy atom. The van der Waals surface area contributed by atoms with Crippen LogP contribution in [0.4, 0.5) is 22.1 Å². The molecule has 0 atom stereocenters. The molecule has 4 rings (SSSR count). The van der Waals surface area contributed by atoms with Crippen LogP contribution < -0.4 is 11.1 Å². The van der Waals surface area contributed by atoms with Crippen molar-refractivity contribution in [1.82, 2.24) is 14.8 Å².